The van der Waals surface area contributed by atoms with E-state index >= 15 is 0 Å². The van der Waals surface area contributed by atoms with Crippen LogP contribution in [-0.2, 0) is 14.8 Å². The summed E-state index contributed by atoms with van der Waals surface area (Å²) < 4.78 is 26.5. The Balaban J connectivity index is 2.85. The third kappa shape index (κ3) is 4.50. The number of rotatable bonds is 6. The van der Waals surface area contributed by atoms with Gasteiger partial charge in [0.05, 0.1) is 11.4 Å². The van der Waals surface area contributed by atoms with Crippen molar-refractivity contribution in [2.24, 2.45) is 5.73 Å². The number of carbonyl (C=O) groups is 1. The summed E-state index contributed by atoms with van der Waals surface area (Å²) >= 11 is 3.25. The number of benzene rings is 1. The zero-order valence-corrected chi connectivity index (χ0v) is 14.7. The Kier molecular flexibility index (Phi) is 6.33. The lowest BCUT2D eigenvalue weighted by Crippen LogP contribution is -2.45. The Labute approximate surface area is 134 Å². The van der Waals surface area contributed by atoms with Crippen LogP contribution in [-0.4, -0.2) is 56.8 Å². The second-order valence-electron chi connectivity index (χ2n) is 4.80. The molecule has 0 saturated carbocycles. The van der Waals surface area contributed by atoms with E-state index in [9.17, 15) is 13.2 Å². The Morgan fingerprint density at radius 3 is 2.29 bits per heavy atom. The van der Waals surface area contributed by atoms with Gasteiger partial charge in [-0.15, -0.1) is 0 Å². The van der Waals surface area contributed by atoms with E-state index in [2.05, 4.69) is 15.9 Å². The molecule has 8 heteroatoms. The van der Waals surface area contributed by atoms with E-state index in [1.165, 1.54) is 24.1 Å². The second kappa shape index (κ2) is 7.35. The fourth-order valence-corrected chi connectivity index (χ4v) is 2.96. The molecule has 2 N–H and O–H groups in total. The van der Waals surface area contributed by atoms with Gasteiger partial charge in [-0.2, -0.15) is 4.31 Å². The highest BCUT2D eigenvalue weighted by Gasteiger charge is 2.25. The van der Waals surface area contributed by atoms with Crippen molar-refractivity contribution in [1.29, 1.82) is 0 Å². The van der Waals surface area contributed by atoms with Crippen LogP contribution in [0.4, 0.5) is 0 Å². The molecule has 1 aromatic rings. The SMILES string of the molecule is CC(CN)N(C)C(=O)CN(C)S(=O)(=O)c1ccc(Br)cc1. The average Bonchev–Trinajstić information content (AvgIpc) is 2.45. The average molecular weight is 378 g/mol. The highest BCUT2D eigenvalue weighted by molar-refractivity contribution is 9.10. The third-order valence-corrected chi connectivity index (χ3v) is 5.62. The number of likely N-dealkylation sites (N-methyl/N-ethyl adjacent to an activating group) is 2. The lowest BCUT2D eigenvalue weighted by atomic mass is 10.3. The number of halogens is 1. The summed E-state index contributed by atoms with van der Waals surface area (Å²) in [5, 5.41) is 0. The van der Waals surface area contributed by atoms with Gasteiger partial charge in [0.15, 0.2) is 0 Å². The molecule has 0 saturated heterocycles. The van der Waals surface area contributed by atoms with E-state index in [0.29, 0.717) is 6.54 Å². The van der Waals surface area contributed by atoms with Crippen LogP contribution in [0.1, 0.15) is 6.92 Å². The van der Waals surface area contributed by atoms with Crippen molar-refractivity contribution in [3.05, 3.63) is 28.7 Å². The maximum absolute atomic E-state index is 12.4. The normalized spacial score (nSPS) is 13.2. The molecule has 0 aliphatic heterocycles. The first-order chi connectivity index (χ1) is 9.70. The highest BCUT2D eigenvalue weighted by atomic mass is 79.9. The lowest BCUT2D eigenvalue weighted by molar-refractivity contribution is -0.131. The zero-order valence-electron chi connectivity index (χ0n) is 12.3. The monoisotopic (exact) mass is 377 g/mol. The molecule has 1 atom stereocenters. The molecule has 0 aromatic heterocycles. The van der Waals surface area contributed by atoms with E-state index in [1.54, 1.807) is 26.1 Å². The van der Waals surface area contributed by atoms with E-state index < -0.39 is 10.0 Å². The number of nitrogens with two attached hydrogens (primary N) is 1. The maximum Gasteiger partial charge on any atom is 0.243 e. The molecule has 0 aliphatic rings. The van der Waals surface area contributed by atoms with Crippen LogP contribution in [0.15, 0.2) is 33.6 Å². The molecular formula is C13H20BrN3O3S. The standard InChI is InChI=1S/C13H20BrN3O3S/c1-10(8-15)17(3)13(18)9-16(2)21(19,20)12-6-4-11(14)5-7-12/h4-7,10H,8-9,15H2,1-3H3. The van der Waals surface area contributed by atoms with Gasteiger partial charge in [0.2, 0.25) is 15.9 Å². The van der Waals surface area contributed by atoms with Crippen molar-refractivity contribution in [3.8, 4) is 0 Å². The summed E-state index contributed by atoms with van der Waals surface area (Å²) in [7, 11) is -0.687. The molecule has 0 spiro atoms. The maximum atomic E-state index is 12.4. The van der Waals surface area contributed by atoms with E-state index in [4.69, 9.17) is 5.73 Å². The minimum atomic E-state index is -3.68. The molecule has 1 amide bonds. The van der Waals surface area contributed by atoms with Crippen molar-refractivity contribution in [2.75, 3.05) is 27.2 Å². The summed E-state index contributed by atoms with van der Waals surface area (Å²) in [5.74, 6) is -0.295. The summed E-state index contributed by atoms with van der Waals surface area (Å²) in [6, 6.07) is 6.14. The van der Waals surface area contributed by atoms with Gasteiger partial charge in [-0.05, 0) is 31.2 Å². The van der Waals surface area contributed by atoms with Gasteiger partial charge in [-0.25, -0.2) is 8.42 Å². The molecule has 0 fully saturated rings. The Hall–Kier alpha value is -0.960. The first-order valence-corrected chi connectivity index (χ1v) is 8.61. The van der Waals surface area contributed by atoms with Gasteiger partial charge in [-0.3, -0.25) is 4.79 Å². The molecule has 0 bridgehead atoms. The van der Waals surface area contributed by atoms with Crippen molar-refractivity contribution in [2.45, 2.75) is 17.9 Å². The van der Waals surface area contributed by atoms with Gasteiger partial charge in [0.25, 0.3) is 0 Å². The van der Waals surface area contributed by atoms with Crippen LogP contribution in [0.5, 0.6) is 0 Å². The van der Waals surface area contributed by atoms with Crippen LogP contribution in [0.3, 0.4) is 0 Å². The molecule has 1 unspecified atom stereocenters. The molecule has 21 heavy (non-hydrogen) atoms. The molecule has 118 valence electrons. The fourth-order valence-electron chi connectivity index (χ4n) is 1.58. The number of hydrogen-bond donors (Lipinski definition) is 1. The predicted octanol–water partition coefficient (Wildman–Crippen LogP) is 0.875. The summed E-state index contributed by atoms with van der Waals surface area (Å²) in [6.45, 7) is 1.91. The third-order valence-electron chi connectivity index (χ3n) is 3.28. The highest BCUT2D eigenvalue weighted by Crippen LogP contribution is 2.17. The van der Waals surface area contributed by atoms with E-state index in [-0.39, 0.29) is 23.4 Å². The van der Waals surface area contributed by atoms with Gasteiger partial charge in [-0.1, -0.05) is 15.9 Å². The van der Waals surface area contributed by atoms with Crippen molar-refractivity contribution in [3.63, 3.8) is 0 Å². The van der Waals surface area contributed by atoms with E-state index in [0.717, 1.165) is 8.78 Å². The van der Waals surface area contributed by atoms with Crippen LogP contribution < -0.4 is 5.73 Å². The van der Waals surface area contributed by atoms with Gasteiger partial charge >= 0.3 is 0 Å². The van der Waals surface area contributed by atoms with Crippen LogP contribution in [0, 0.1) is 0 Å². The summed E-state index contributed by atoms with van der Waals surface area (Å²) in [5.41, 5.74) is 5.50. The number of hydrogen-bond acceptors (Lipinski definition) is 4. The largest absolute Gasteiger partial charge is 0.341 e. The fraction of sp³-hybridized carbons (Fsp3) is 0.462. The van der Waals surface area contributed by atoms with Crippen LogP contribution >= 0.6 is 15.9 Å². The quantitative estimate of drug-likeness (QED) is 0.797. The molecule has 0 radical (unpaired) electrons. The number of nitrogens with zero attached hydrogens (tertiary/aromatic N) is 2. The Morgan fingerprint density at radius 1 is 1.29 bits per heavy atom. The van der Waals surface area contributed by atoms with Crippen molar-refractivity contribution < 1.29 is 13.2 Å². The number of amides is 1. The molecule has 1 aromatic carbocycles. The summed E-state index contributed by atoms with van der Waals surface area (Å²) in [4.78, 5) is 13.6. The van der Waals surface area contributed by atoms with Crippen LogP contribution in [0.2, 0.25) is 0 Å². The first-order valence-electron chi connectivity index (χ1n) is 6.37. The molecule has 6 nitrogen and oxygen atoms in total. The van der Waals surface area contributed by atoms with Crippen LogP contribution in [0.25, 0.3) is 0 Å². The molecule has 1 rings (SSSR count). The molecule has 0 heterocycles. The minimum absolute atomic E-state index is 0.138. The van der Waals surface area contributed by atoms with Crippen molar-refractivity contribution >= 4 is 31.9 Å². The molecular weight excluding hydrogens is 358 g/mol. The Morgan fingerprint density at radius 2 is 1.81 bits per heavy atom. The van der Waals surface area contributed by atoms with Gasteiger partial charge in [0, 0.05) is 31.2 Å². The minimum Gasteiger partial charge on any atom is -0.341 e. The lowest BCUT2D eigenvalue weighted by Gasteiger charge is -2.26. The predicted molar refractivity (Wildman–Crippen MR) is 85.2 cm³/mol. The Bertz CT molecular complexity index is 589. The number of carbonyl (C=O) groups excluding carboxylic acids is 1. The number of sulfonamides is 1. The zero-order chi connectivity index (χ0) is 16.2. The van der Waals surface area contributed by atoms with Crippen molar-refractivity contribution in [1.82, 2.24) is 9.21 Å². The second-order valence-corrected chi connectivity index (χ2v) is 7.76. The van der Waals surface area contributed by atoms with Gasteiger partial charge < -0.3 is 10.6 Å². The van der Waals surface area contributed by atoms with Gasteiger partial charge in [0.1, 0.15) is 0 Å². The first kappa shape index (κ1) is 18.1. The molecule has 0 aliphatic carbocycles. The summed E-state index contributed by atoms with van der Waals surface area (Å²) in [6.07, 6.45) is 0. The topological polar surface area (TPSA) is 83.7 Å². The van der Waals surface area contributed by atoms with E-state index in [1.807, 2.05) is 0 Å². The smallest absolute Gasteiger partial charge is 0.243 e.